The van der Waals surface area contributed by atoms with Crippen molar-refractivity contribution in [2.45, 2.75) is 13.5 Å². The molecule has 2 aromatic heterocycles. The molecule has 104 valence electrons. The Morgan fingerprint density at radius 3 is 2.60 bits per heavy atom. The zero-order valence-corrected chi connectivity index (χ0v) is 11.7. The number of pyridine rings is 2. The fourth-order valence-electron chi connectivity index (χ4n) is 1.86. The maximum Gasteiger partial charge on any atom is 0.255 e. The number of nitrogens with one attached hydrogen (secondary N) is 1. The summed E-state index contributed by atoms with van der Waals surface area (Å²) in [6.07, 6.45) is 5.05. The van der Waals surface area contributed by atoms with E-state index in [2.05, 4.69) is 15.3 Å². The van der Waals surface area contributed by atoms with Crippen LogP contribution in [0, 0.1) is 0 Å². The van der Waals surface area contributed by atoms with Crippen molar-refractivity contribution >= 4 is 11.7 Å². The Bertz CT molecular complexity index is 554. The van der Waals surface area contributed by atoms with Gasteiger partial charge in [-0.3, -0.25) is 9.78 Å². The quantitative estimate of drug-likeness (QED) is 0.904. The lowest BCUT2D eigenvalue weighted by molar-refractivity contribution is 0.0784. The number of anilines is 1. The molecule has 0 aromatic carbocycles. The molecule has 5 heteroatoms. The average Bonchev–Trinajstić information content (AvgIpc) is 2.48. The smallest absolute Gasteiger partial charge is 0.255 e. The van der Waals surface area contributed by atoms with Crippen LogP contribution in [0.4, 0.5) is 5.82 Å². The number of hydrogen-bond donors (Lipinski definition) is 1. The second kappa shape index (κ2) is 6.65. The van der Waals surface area contributed by atoms with Gasteiger partial charge in [0, 0.05) is 38.7 Å². The Morgan fingerprint density at radius 1 is 1.25 bits per heavy atom. The van der Waals surface area contributed by atoms with Crippen LogP contribution in [0.5, 0.6) is 0 Å². The Labute approximate surface area is 118 Å². The van der Waals surface area contributed by atoms with Gasteiger partial charge in [0.2, 0.25) is 0 Å². The molecule has 1 N–H and O–H groups in total. The molecule has 0 aliphatic heterocycles. The second-order valence-corrected chi connectivity index (χ2v) is 4.48. The fraction of sp³-hybridized carbons (Fsp3) is 0.267. The number of hydrogen-bond acceptors (Lipinski definition) is 4. The van der Waals surface area contributed by atoms with E-state index in [1.807, 2.05) is 25.1 Å². The number of nitrogens with zero attached hydrogens (tertiary/aromatic N) is 3. The molecule has 0 bridgehead atoms. The number of carbonyl (C=O) groups excluding carboxylic acids is 1. The molecule has 5 nitrogen and oxygen atoms in total. The van der Waals surface area contributed by atoms with Gasteiger partial charge in [-0.1, -0.05) is 0 Å². The second-order valence-electron chi connectivity index (χ2n) is 4.48. The summed E-state index contributed by atoms with van der Waals surface area (Å²) in [4.78, 5) is 22.1. The van der Waals surface area contributed by atoms with Gasteiger partial charge in [0.15, 0.2) is 0 Å². The van der Waals surface area contributed by atoms with Gasteiger partial charge in [0.25, 0.3) is 5.91 Å². The maximum atomic E-state index is 12.3. The van der Waals surface area contributed by atoms with Gasteiger partial charge in [0.05, 0.1) is 5.56 Å². The molecule has 20 heavy (non-hydrogen) atoms. The van der Waals surface area contributed by atoms with Crippen molar-refractivity contribution in [1.82, 2.24) is 14.9 Å². The lowest BCUT2D eigenvalue weighted by atomic mass is 10.2. The maximum absolute atomic E-state index is 12.3. The molecular weight excluding hydrogens is 252 g/mol. The van der Waals surface area contributed by atoms with Crippen molar-refractivity contribution in [3.8, 4) is 0 Å². The predicted molar refractivity (Wildman–Crippen MR) is 78.4 cm³/mol. The molecule has 0 fully saturated rings. The zero-order valence-electron chi connectivity index (χ0n) is 11.7. The molecule has 2 aromatic rings. The summed E-state index contributed by atoms with van der Waals surface area (Å²) in [5.41, 5.74) is 1.64. The first-order chi connectivity index (χ1) is 9.70. The minimum atomic E-state index is -0.0441. The highest BCUT2D eigenvalue weighted by atomic mass is 16.2. The highest BCUT2D eigenvalue weighted by Gasteiger charge is 2.12. The summed E-state index contributed by atoms with van der Waals surface area (Å²) < 4.78 is 0. The average molecular weight is 270 g/mol. The van der Waals surface area contributed by atoms with E-state index in [4.69, 9.17) is 0 Å². The fourth-order valence-corrected chi connectivity index (χ4v) is 1.86. The minimum absolute atomic E-state index is 0.0441. The molecule has 0 saturated carbocycles. The van der Waals surface area contributed by atoms with E-state index < -0.39 is 0 Å². The lowest BCUT2D eigenvalue weighted by Crippen LogP contribution is -2.26. The van der Waals surface area contributed by atoms with Crippen LogP contribution >= 0.6 is 0 Å². The molecule has 0 unspecified atom stereocenters. The summed E-state index contributed by atoms with van der Waals surface area (Å²) in [7, 11) is 1.78. The van der Waals surface area contributed by atoms with Crippen LogP contribution in [0.25, 0.3) is 0 Å². The number of amides is 1. The number of aromatic nitrogens is 2. The summed E-state index contributed by atoms with van der Waals surface area (Å²) >= 11 is 0. The van der Waals surface area contributed by atoms with E-state index in [0.29, 0.717) is 12.1 Å². The van der Waals surface area contributed by atoms with E-state index in [9.17, 15) is 4.79 Å². The predicted octanol–water partition coefficient (Wildman–Crippen LogP) is 2.18. The topological polar surface area (TPSA) is 58.1 Å². The third-order valence-corrected chi connectivity index (χ3v) is 2.88. The van der Waals surface area contributed by atoms with Gasteiger partial charge >= 0.3 is 0 Å². The van der Waals surface area contributed by atoms with Crippen molar-refractivity contribution in [3.63, 3.8) is 0 Å². The molecule has 0 aliphatic rings. The summed E-state index contributed by atoms with van der Waals surface area (Å²) in [6.45, 7) is 3.36. The Kier molecular flexibility index (Phi) is 4.65. The minimum Gasteiger partial charge on any atom is -0.370 e. The Morgan fingerprint density at radius 2 is 2.00 bits per heavy atom. The molecule has 2 heterocycles. The largest absolute Gasteiger partial charge is 0.370 e. The van der Waals surface area contributed by atoms with Crippen molar-refractivity contribution in [3.05, 3.63) is 54.0 Å². The molecule has 0 spiro atoms. The van der Waals surface area contributed by atoms with Crippen LogP contribution in [0.1, 0.15) is 22.8 Å². The monoisotopic (exact) mass is 270 g/mol. The van der Waals surface area contributed by atoms with Gasteiger partial charge in [-0.15, -0.1) is 0 Å². The van der Waals surface area contributed by atoms with Gasteiger partial charge in [-0.25, -0.2) is 4.98 Å². The summed E-state index contributed by atoms with van der Waals surface area (Å²) in [5, 5.41) is 3.10. The highest BCUT2D eigenvalue weighted by Crippen LogP contribution is 2.09. The molecule has 0 atom stereocenters. The van der Waals surface area contributed by atoms with Crippen molar-refractivity contribution in [2.24, 2.45) is 0 Å². The van der Waals surface area contributed by atoms with Crippen molar-refractivity contribution in [1.29, 1.82) is 0 Å². The zero-order chi connectivity index (χ0) is 14.4. The van der Waals surface area contributed by atoms with Gasteiger partial charge in [-0.05, 0) is 36.8 Å². The van der Waals surface area contributed by atoms with E-state index in [0.717, 1.165) is 17.9 Å². The van der Waals surface area contributed by atoms with E-state index in [-0.39, 0.29) is 5.91 Å². The van der Waals surface area contributed by atoms with Crippen molar-refractivity contribution < 1.29 is 4.79 Å². The molecule has 0 aliphatic carbocycles. The van der Waals surface area contributed by atoms with E-state index in [1.54, 1.807) is 36.6 Å². The highest BCUT2D eigenvalue weighted by molar-refractivity contribution is 5.93. The van der Waals surface area contributed by atoms with Crippen LogP contribution in [0.2, 0.25) is 0 Å². The van der Waals surface area contributed by atoms with E-state index >= 15 is 0 Å². The molecule has 1 amide bonds. The lowest BCUT2D eigenvalue weighted by Gasteiger charge is -2.17. The standard InChI is InChI=1S/C15H18N4O/c1-3-17-14-5-4-13(10-18-14)15(20)19(2)11-12-6-8-16-9-7-12/h4-10H,3,11H2,1-2H3,(H,17,18). The first-order valence-electron chi connectivity index (χ1n) is 6.55. The van der Waals surface area contributed by atoms with Gasteiger partial charge < -0.3 is 10.2 Å². The molecule has 0 radical (unpaired) electrons. The molecule has 0 saturated heterocycles. The van der Waals surface area contributed by atoms with Gasteiger partial charge in [-0.2, -0.15) is 0 Å². The third kappa shape index (κ3) is 3.54. The third-order valence-electron chi connectivity index (χ3n) is 2.88. The van der Waals surface area contributed by atoms with Crippen molar-refractivity contribution in [2.75, 3.05) is 18.9 Å². The van der Waals surface area contributed by atoms with Crippen LogP contribution in [-0.4, -0.2) is 34.4 Å². The van der Waals surface area contributed by atoms with Crippen LogP contribution in [0.3, 0.4) is 0 Å². The number of carbonyl (C=O) groups is 1. The number of rotatable bonds is 5. The van der Waals surface area contributed by atoms with Crippen LogP contribution in [0.15, 0.2) is 42.9 Å². The van der Waals surface area contributed by atoms with E-state index in [1.165, 1.54) is 0 Å². The summed E-state index contributed by atoms with van der Waals surface area (Å²) in [5.74, 6) is 0.734. The first kappa shape index (κ1) is 14.0. The Balaban J connectivity index is 2.03. The first-order valence-corrected chi connectivity index (χ1v) is 6.55. The van der Waals surface area contributed by atoms with Crippen LogP contribution in [-0.2, 0) is 6.54 Å². The normalized spacial score (nSPS) is 10.1. The Hall–Kier alpha value is -2.43. The molecule has 2 rings (SSSR count). The SMILES string of the molecule is CCNc1ccc(C(=O)N(C)Cc2ccncc2)cn1. The molecular formula is C15H18N4O. The van der Waals surface area contributed by atoms with Crippen LogP contribution < -0.4 is 5.32 Å². The van der Waals surface area contributed by atoms with Gasteiger partial charge in [0.1, 0.15) is 5.82 Å². The summed E-state index contributed by atoms with van der Waals surface area (Å²) in [6, 6.07) is 7.40.